The Morgan fingerprint density at radius 2 is 1.83 bits per heavy atom. The molecule has 4 aromatic rings. The highest BCUT2D eigenvalue weighted by Crippen LogP contribution is 2.35. The molecule has 1 aliphatic rings. The van der Waals surface area contributed by atoms with Crippen LogP contribution in [-0.2, 0) is 6.54 Å². The number of pyridine rings is 1. The number of rotatable bonds is 4. The van der Waals surface area contributed by atoms with Crippen molar-refractivity contribution in [3.05, 3.63) is 78.2 Å². The fourth-order valence-electron chi connectivity index (χ4n) is 4.73. The molecule has 2 aromatic carbocycles. The first kappa shape index (κ1) is 19.3. The summed E-state index contributed by atoms with van der Waals surface area (Å²) in [7, 11) is 2.23. The number of fused-ring (bicyclic) bond motifs is 1. The zero-order valence-corrected chi connectivity index (χ0v) is 18.0. The highest BCUT2D eigenvalue weighted by molar-refractivity contribution is 6.31. The number of likely N-dealkylation sites (tertiary alicyclic amines) is 1. The molecule has 5 rings (SSSR count). The van der Waals surface area contributed by atoms with Gasteiger partial charge in [0, 0.05) is 64.3 Å². The molecule has 0 bridgehead atoms. The second kappa shape index (κ2) is 8.25. The summed E-state index contributed by atoms with van der Waals surface area (Å²) in [6.45, 7) is 3.41. The van der Waals surface area contributed by atoms with E-state index in [9.17, 15) is 0 Å². The Morgan fingerprint density at radius 3 is 2.67 bits per heavy atom. The molecule has 0 amide bonds. The van der Waals surface area contributed by atoms with Crippen LogP contribution in [0.1, 0.15) is 12.8 Å². The van der Waals surface area contributed by atoms with Crippen molar-refractivity contribution in [1.82, 2.24) is 14.5 Å². The lowest BCUT2D eigenvalue weighted by Crippen LogP contribution is -2.33. The van der Waals surface area contributed by atoms with Gasteiger partial charge >= 0.3 is 0 Å². The number of piperidine rings is 1. The third kappa shape index (κ3) is 3.88. The van der Waals surface area contributed by atoms with E-state index in [1.54, 1.807) is 0 Å². The maximum atomic E-state index is 6.39. The van der Waals surface area contributed by atoms with Gasteiger partial charge in [0.05, 0.1) is 0 Å². The van der Waals surface area contributed by atoms with Gasteiger partial charge in [-0.3, -0.25) is 4.98 Å². The fraction of sp³-hybridized carbons (Fsp3) is 0.269. The Morgan fingerprint density at radius 1 is 1.00 bits per heavy atom. The molecule has 4 heteroatoms. The first-order valence-corrected chi connectivity index (χ1v) is 11.0. The topological polar surface area (TPSA) is 21.1 Å². The number of hydrogen-bond donors (Lipinski definition) is 0. The van der Waals surface area contributed by atoms with Crippen LogP contribution in [0.2, 0.25) is 5.02 Å². The van der Waals surface area contributed by atoms with Crippen molar-refractivity contribution in [2.45, 2.75) is 19.4 Å². The molecule has 1 fully saturated rings. The summed E-state index contributed by atoms with van der Waals surface area (Å²) in [4.78, 5) is 7.00. The molecule has 1 saturated heterocycles. The minimum absolute atomic E-state index is 0.677. The molecule has 1 atom stereocenters. The fourth-order valence-corrected chi connectivity index (χ4v) is 4.90. The normalized spacial score (nSPS) is 17.5. The average Bonchev–Trinajstić information content (AvgIpc) is 3.12. The highest BCUT2D eigenvalue weighted by atomic mass is 35.5. The maximum absolute atomic E-state index is 6.39. The van der Waals surface area contributed by atoms with Crippen LogP contribution in [0.4, 0.5) is 0 Å². The molecule has 0 saturated carbocycles. The molecule has 30 heavy (non-hydrogen) atoms. The third-order valence-corrected chi connectivity index (χ3v) is 6.41. The Bertz CT molecular complexity index is 1170. The zero-order valence-electron chi connectivity index (χ0n) is 17.3. The van der Waals surface area contributed by atoms with Crippen molar-refractivity contribution in [3.63, 3.8) is 0 Å². The molecule has 152 valence electrons. The van der Waals surface area contributed by atoms with Gasteiger partial charge < -0.3 is 9.47 Å². The van der Waals surface area contributed by atoms with E-state index in [1.165, 1.54) is 41.4 Å². The molecule has 1 aliphatic heterocycles. The molecular weight excluding hydrogens is 390 g/mol. The van der Waals surface area contributed by atoms with Crippen LogP contribution in [0.25, 0.3) is 33.2 Å². The standard InChI is InChI=1S/C26H26ClN3/c1-29-11-5-6-19(16-29)17-30-18-25(24-13-23(27)9-10-26(24)30)22-12-21(14-28-15-22)20-7-3-2-4-8-20/h2-4,7-10,12-15,18-19H,5-6,11,16-17H2,1H3. The van der Waals surface area contributed by atoms with Gasteiger partial charge in [-0.2, -0.15) is 0 Å². The van der Waals surface area contributed by atoms with E-state index < -0.39 is 0 Å². The van der Waals surface area contributed by atoms with E-state index in [2.05, 4.69) is 70.2 Å². The minimum Gasteiger partial charge on any atom is -0.347 e. The molecule has 0 spiro atoms. The monoisotopic (exact) mass is 415 g/mol. The van der Waals surface area contributed by atoms with Crippen molar-refractivity contribution in [2.75, 3.05) is 20.1 Å². The predicted molar refractivity (Wildman–Crippen MR) is 126 cm³/mol. The third-order valence-electron chi connectivity index (χ3n) is 6.18. The lowest BCUT2D eigenvalue weighted by molar-refractivity contribution is 0.196. The van der Waals surface area contributed by atoms with Crippen LogP contribution in [0.3, 0.4) is 0 Å². The van der Waals surface area contributed by atoms with Crippen molar-refractivity contribution in [1.29, 1.82) is 0 Å². The molecule has 3 nitrogen and oxygen atoms in total. The zero-order chi connectivity index (χ0) is 20.5. The highest BCUT2D eigenvalue weighted by Gasteiger charge is 2.20. The maximum Gasteiger partial charge on any atom is 0.0487 e. The minimum atomic E-state index is 0.677. The lowest BCUT2D eigenvalue weighted by atomic mass is 9.98. The van der Waals surface area contributed by atoms with Gasteiger partial charge in [-0.25, -0.2) is 0 Å². The van der Waals surface area contributed by atoms with E-state index in [0.29, 0.717) is 5.92 Å². The summed E-state index contributed by atoms with van der Waals surface area (Å²) in [5.74, 6) is 0.677. The summed E-state index contributed by atoms with van der Waals surface area (Å²) >= 11 is 6.39. The van der Waals surface area contributed by atoms with Gasteiger partial charge in [-0.15, -0.1) is 0 Å². The average molecular weight is 416 g/mol. The van der Waals surface area contributed by atoms with E-state index in [-0.39, 0.29) is 0 Å². The first-order valence-electron chi connectivity index (χ1n) is 10.6. The summed E-state index contributed by atoms with van der Waals surface area (Å²) in [5.41, 5.74) is 5.88. The van der Waals surface area contributed by atoms with Gasteiger partial charge in [-0.1, -0.05) is 41.9 Å². The van der Waals surface area contributed by atoms with E-state index >= 15 is 0 Å². The van der Waals surface area contributed by atoms with Crippen molar-refractivity contribution >= 4 is 22.5 Å². The second-order valence-corrected chi connectivity index (χ2v) is 8.89. The number of benzene rings is 2. The van der Waals surface area contributed by atoms with E-state index in [0.717, 1.165) is 29.2 Å². The number of aromatic nitrogens is 2. The largest absolute Gasteiger partial charge is 0.347 e. The van der Waals surface area contributed by atoms with Crippen LogP contribution in [-0.4, -0.2) is 34.6 Å². The van der Waals surface area contributed by atoms with Crippen molar-refractivity contribution in [2.24, 2.45) is 5.92 Å². The van der Waals surface area contributed by atoms with E-state index in [4.69, 9.17) is 11.6 Å². The van der Waals surface area contributed by atoms with Gasteiger partial charge in [0.25, 0.3) is 0 Å². The number of nitrogens with zero attached hydrogens (tertiary/aromatic N) is 3. The van der Waals surface area contributed by atoms with Crippen LogP contribution in [0, 0.1) is 5.92 Å². The van der Waals surface area contributed by atoms with Crippen LogP contribution in [0.5, 0.6) is 0 Å². The molecule has 0 radical (unpaired) electrons. The molecule has 0 aliphatic carbocycles. The molecule has 0 N–H and O–H groups in total. The number of hydrogen-bond acceptors (Lipinski definition) is 2. The molecule has 2 aromatic heterocycles. The molecule has 3 heterocycles. The van der Waals surface area contributed by atoms with Crippen molar-refractivity contribution < 1.29 is 0 Å². The van der Waals surface area contributed by atoms with Crippen LogP contribution in [0.15, 0.2) is 73.2 Å². The van der Waals surface area contributed by atoms with Gasteiger partial charge in [0.2, 0.25) is 0 Å². The summed E-state index contributed by atoms with van der Waals surface area (Å²) in [6.07, 6.45) is 8.76. The smallest absolute Gasteiger partial charge is 0.0487 e. The lowest BCUT2D eigenvalue weighted by Gasteiger charge is -2.30. The quantitative estimate of drug-likeness (QED) is 0.386. The molecule has 1 unspecified atom stereocenters. The summed E-state index contributed by atoms with van der Waals surface area (Å²) in [6, 6.07) is 18.9. The molecular formula is C26H26ClN3. The summed E-state index contributed by atoms with van der Waals surface area (Å²) in [5, 5.41) is 1.96. The predicted octanol–water partition coefficient (Wildman–Crippen LogP) is 6.37. The Labute approximate surface area is 182 Å². The SMILES string of the molecule is CN1CCCC(Cn2cc(-c3cncc(-c4ccccc4)c3)c3cc(Cl)ccc32)C1. The van der Waals surface area contributed by atoms with Gasteiger partial charge in [0.15, 0.2) is 0 Å². The van der Waals surface area contributed by atoms with Crippen molar-refractivity contribution in [3.8, 4) is 22.3 Å². The summed E-state index contributed by atoms with van der Waals surface area (Å²) < 4.78 is 2.42. The van der Waals surface area contributed by atoms with Gasteiger partial charge in [-0.05, 0) is 62.2 Å². The van der Waals surface area contributed by atoms with Crippen LogP contribution < -0.4 is 0 Å². The van der Waals surface area contributed by atoms with E-state index in [1.807, 2.05) is 24.5 Å². The number of halogens is 1. The first-order chi connectivity index (χ1) is 14.7. The second-order valence-electron chi connectivity index (χ2n) is 8.46. The Balaban J connectivity index is 1.57. The van der Waals surface area contributed by atoms with Gasteiger partial charge in [0.1, 0.15) is 0 Å². The van der Waals surface area contributed by atoms with Crippen LogP contribution >= 0.6 is 11.6 Å². The Hall–Kier alpha value is -2.62. The Kier molecular flexibility index (Phi) is 5.32.